The zero-order valence-corrected chi connectivity index (χ0v) is 9.43. The van der Waals surface area contributed by atoms with Crippen LogP contribution in [-0.2, 0) is 0 Å². The molecule has 0 N–H and O–H groups in total. The van der Waals surface area contributed by atoms with Gasteiger partial charge in [0, 0.05) is 31.0 Å². The van der Waals surface area contributed by atoms with Gasteiger partial charge in [0.15, 0.2) is 5.82 Å². The zero-order valence-electron chi connectivity index (χ0n) is 9.43. The molecule has 3 rings (SSSR count). The van der Waals surface area contributed by atoms with Crippen molar-refractivity contribution in [2.24, 2.45) is 0 Å². The third-order valence-electron chi connectivity index (χ3n) is 2.38. The van der Waals surface area contributed by atoms with Crippen molar-refractivity contribution in [1.29, 1.82) is 0 Å². The molecule has 0 saturated carbocycles. The highest BCUT2D eigenvalue weighted by molar-refractivity contribution is 5.71. The normalized spacial score (nSPS) is 10.2. The number of pyridine rings is 1. The van der Waals surface area contributed by atoms with E-state index in [2.05, 4.69) is 24.9 Å². The van der Waals surface area contributed by atoms with E-state index in [0.717, 1.165) is 5.69 Å². The van der Waals surface area contributed by atoms with Crippen molar-refractivity contribution in [2.75, 3.05) is 0 Å². The molecule has 3 aromatic heterocycles. The van der Waals surface area contributed by atoms with E-state index in [1.54, 1.807) is 37.1 Å². The SMILES string of the molecule is c1ccc(-c2nccnc2-c2ncccn2)nc1. The molecule has 0 saturated heterocycles. The second-order valence-corrected chi connectivity index (χ2v) is 3.54. The van der Waals surface area contributed by atoms with E-state index in [9.17, 15) is 0 Å². The Morgan fingerprint density at radius 1 is 0.556 bits per heavy atom. The summed E-state index contributed by atoms with van der Waals surface area (Å²) in [5.41, 5.74) is 2.08. The summed E-state index contributed by atoms with van der Waals surface area (Å²) in [5.74, 6) is 0.547. The predicted octanol–water partition coefficient (Wildman–Crippen LogP) is 2.00. The molecule has 0 amide bonds. The van der Waals surface area contributed by atoms with E-state index in [4.69, 9.17) is 0 Å². The Labute approximate surface area is 104 Å². The minimum Gasteiger partial charge on any atom is -0.255 e. The summed E-state index contributed by atoms with van der Waals surface area (Å²) >= 11 is 0. The van der Waals surface area contributed by atoms with E-state index in [0.29, 0.717) is 17.2 Å². The number of nitrogens with zero attached hydrogens (tertiary/aromatic N) is 5. The minimum atomic E-state index is 0.547. The monoisotopic (exact) mass is 235 g/mol. The van der Waals surface area contributed by atoms with Crippen molar-refractivity contribution >= 4 is 0 Å². The van der Waals surface area contributed by atoms with Gasteiger partial charge < -0.3 is 0 Å². The van der Waals surface area contributed by atoms with Crippen molar-refractivity contribution < 1.29 is 0 Å². The Morgan fingerprint density at radius 3 is 2.00 bits per heavy atom. The molecule has 0 atom stereocenters. The van der Waals surface area contributed by atoms with Gasteiger partial charge >= 0.3 is 0 Å². The lowest BCUT2D eigenvalue weighted by Gasteiger charge is -2.04. The Bertz CT molecular complexity index is 581. The van der Waals surface area contributed by atoms with Crippen LogP contribution in [-0.4, -0.2) is 24.9 Å². The van der Waals surface area contributed by atoms with Gasteiger partial charge in [-0.1, -0.05) is 6.07 Å². The van der Waals surface area contributed by atoms with Crippen LogP contribution in [0.15, 0.2) is 55.2 Å². The summed E-state index contributed by atoms with van der Waals surface area (Å²) in [4.78, 5) is 21.3. The first kappa shape index (κ1) is 10.5. The van der Waals surface area contributed by atoms with Crippen LogP contribution in [0.3, 0.4) is 0 Å². The van der Waals surface area contributed by atoms with Crippen LogP contribution < -0.4 is 0 Å². The average molecular weight is 235 g/mol. The van der Waals surface area contributed by atoms with E-state index >= 15 is 0 Å². The largest absolute Gasteiger partial charge is 0.255 e. The second kappa shape index (κ2) is 4.67. The number of hydrogen-bond donors (Lipinski definition) is 0. The summed E-state index contributed by atoms with van der Waals surface area (Å²) < 4.78 is 0. The molecule has 3 aromatic rings. The lowest BCUT2D eigenvalue weighted by atomic mass is 10.2. The molecule has 0 unspecified atom stereocenters. The van der Waals surface area contributed by atoms with Crippen molar-refractivity contribution in [2.45, 2.75) is 0 Å². The standard InChI is InChI=1S/C13H9N5/c1-2-5-14-10(4-1)11-12(16-9-8-15-11)13-17-6-3-7-18-13/h1-9H. The number of hydrogen-bond acceptors (Lipinski definition) is 5. The van der Waals surface area contributed by atoms with Crippen LogP contribution in [0.1, 0.15) is 0 Å². The maximum absolute atomic E-state index is 4.32. The lowest BCUT2D eigenvalue weighted by molar-refractivity contribution is 1.11. The van der Waals surface area contributed by atoms with Crippen molar-refractivity contribution in [3.8, 4) is 22.9 Å². The van der Waals surface area contributed by atoms with Gasteiger partial charge in [-0.05, 0) is 18.2 Å². The highest BCUT2D eigenvalue weighted by atomic mass is 14.9. The fraction of sp³-hybridized carbons (Fsp3) is 0. The summed E-state index contributed by atoms with van der Waals surface area (Å²) in [6, 6.07) is 7.42. The fourth-order valence-electron chi connectivity index (χ4n) is 1.61. The van der Waals surface area contributed by atoms with Gasteiger partial charge in [0.05, 0.1) is 5.69 Å². The van der Waals surface area contributed by atoms with E-state index < -0.39 is 0 Å². The van der Waals surface area contributed by atoms with Gasteiger partial charge in [-0.3, -0.25) is 9.97 Å². The summed E-state index contributed by atoms with van der Waals surface area (Å²) in [6.07, 6.45) is 8.34. The second-order valence-electron chi connectivity index (χ2n) is 3.54. The molecular formula is C13H9N5. The Hall–Kier alpha value is -2.69. The van der Waals surface area contributed by atoms with Crippen LogP contribution in [0.25, 0.3) is 22.9 Å². The van der Waals surface area contributed by atoms with Crippen LogP contribution in [0.5, 0.6) is 0 Å². The zero-order chi connectivity index (χ0) is 12.2. The van der Waals surface area contributed by atoms with Crippen LogP contribution in [0.4, 0.5) is 0 Å². The van der Waals surface area contributed by atoms with Gasteiger partial charge in [-0.15, -0.1) is 0 Å². The fourth-order valence-corrected chi connectivity index (χ4v) is 1.61. The highest BCUT2D eigenvalue weighted by Gasteiger charge is 2.12. The molecule has 0 aliphatic carbocycles. The maximum atomic E-state index is 4.32. The van der Waals surface area contributed by atoms with Crippen molar-refractivity contribution in [3.05, 3.63) is 55.2 Å². The molecule has 0 aliphatic rings. The smallest absolute Gasteiger partial charge is 0.180 e. The Balaban J connectivity index is 2.18. The maximum Gasteiger partial charge on any atom is 0.180 e. The Kier molecular flexibility index (Phi) is 2.71. The molecule has 0 fully saturated rings. The lowest BCUT2D eigenvalue weighted by Crippen LogP contribution is -1.97. The molecule has 0 radical (unpaired) electrons. The third kappa shape index (κ3) is 1.93. The van der Waals surface area contributed by atoms with Gasteiger partial charge in [-0.2, -0.15) is 0 Å². The van der Waals surface area contributed by atoms with Crippen LogP contribution >= 0.6 is 0 Å². The number of rotatable bonds is 2. The molecule has 86 valence electrons. The molecule has 5 nitrogen and oxygen atoms in total. The predicted molar refractivity (Wildman–Crippen MR) is 66.3 cm³/mol. The molecular weight excluding hydrogens is 226 g/mol. The molecule has 0 bridgehead atoms. The summed E-state index contributed by atoms with van der Waals surface area (Å²) in [6.45, 7) is 0. The van der Waals surface area contributed by atoms with Gasteiger partial charge in [0.1, 0.15) is 11.4 Å². The molecule has 5 heteroatoms. The first-order valence-electron chi connectivity index (χ1n) is 5.45. The first-order valence-corrected chi connectivity index (χ1v) is 5.45. The molecule has 0 aliphatic heterocycles. The third-order valence-corrected chi connectivity index (χ3v) is 2.38. The topological polar surface area (TPSA) is 64.5 Å². The van der Waals surface area contributed by atoms with E-state index in [-0.39, 0.29) is 0 Å². The van der Waals surface area contributed by atoms with Crippen LogP contribution in [0, 0.1) is 0 Å². The van der Waals surface area contributed by atoms with E-state index in [1.807, 2.05) is 18.2 Å². The quantitative estimate of drug-likeness (QED) is 0.679. The Morgan fingerprint density at radius 2 is 1.28 bits per heavy atom. The summed E-state index contributed by atoms with van der Waals surface area (Å²) in [7, 11) is 0. The van der Waals surface area contributed by atoms with Gasteiger partial charge in [-0.25, -0.2) is 15.0 Å². The molecule has 0 aromatic carbocycles. The number of aromatic nitrogens is 5. The molecule has 0 spiro atoms. The van der Waals surface area contributed by atoms with E-state index in [1.165, 1.54) is 0 Å². The highest BCUT2D eigenvalue weighted by Crippen LogP contribution is 2.23. The summed E-state index contributed by atoms with van der Waals surface area (Å²) in [5, 5.41) is 0. The van der Waals surface area contributed by atoms with Crippen molar-refractivity contribution in [3.63, 3.8) is 0 Å². The minimum absolute atomic E-state index is 0.547. The van der Waals surface area contributed by atoms with Crippen LogP contribution in [0.2, 0.25) is 0 Å². The molecule has 3 heterocycles. The van der Waals surface area contributed by atoms with Gasteiger partial charge in [0.25, 0.3) is 0 Å². The average Bonchev–Trinajstić information content (AvgIpc) is 2.49. The molecule has 18 heavy (non-hydrogen) atoms. The van der Waals surface area contributed by atoms with Gasteiger partial charge in [0.2, 0.25) is 0 Å². The van der Waals surface area contributed by atoms with Crippen molar-refractivity contribution in [1.82, 2.24) is 24.9 Å². The first-order chi connectivity index (χ1) is 8.95.